The zero-order valence-electron chi connectivity index (χ0n) is 11.8. The van der Waals surface area contributed by atoms with Gasteiger partial charge in [-0.15, -0.1) is 11.3 Å². The fourth-order valence-electron chi connectivity index (χ4n) is 2.25. The van der Waals surface area contributed by atoms with E-state index in [0.717, 1.165) is 35.7 Å². The van der Waals surface area contributed by atoms with Gasteiger partial charge in [-0.3, -0.25) is 4.68 Å². The number of thiazole rings is 1. The summed E-state index contributed by atoms with van der Waals surface area (Å²) < 4.78 is 28.2. The molecule has 0 spiro atoms. The van der Waals surface area contributed by atoms with Gasteiger partial charge < -0.3 is 0 Å². The Morgan fingerprint density at radius 2 is 2.29 bits per heavy atom. The van der Waals surface area contributed by atoms with Crippen LogP contribution in [0, 0.1) is 5.92 Å². The van der Waals surface area contributed by atoms with Gasteiger partial charge in [-0.25, -0.2) is 18.1 Å². The third-order valence-corrected chi connectivity index (χ3v) is 6.05. The lowest BCUT2D eigenvalue weighted by Crippen LogP contribution is -2.32. The number of nitrogens with one attached hydrogen (secondary N) is 1. The Morgan fingerprint density at radius 3 is 2.90 bits per heavy atom. The number of rotatable bonds is 6. The molecule has 0 aliphatic heterocycles. The van der Waals surface area contributed by atoms with Crippen LogP contribution in [-0.4, -0.2) is 28.9 Å². The molecule has 0 amide bonds. The number of aryl methyl sites for hydroxylation is 1. The first-order chi connectivity index (χ1) is 10.0. The summed E-state index contributed by atoms with van der Waals surface area (Å²) in [5, 5.41) is 6.97. The smallest absolute Gasteiger partial charge is 0.212 e. The average Bonchev–Trinajstić information content (AvgIpc) is 3.00. The third-order valence-electron chi connectivity index (χ3n) is 3.64. The monoisotopic (exact) mass is 326 g/mol. The van der Waals surface area contributed by atoms with Gasteiger partial charge in [0.2, 0.25) is 10.0 Å². The molecule has 1 saturated carbocycles. The number of sulfonamides is 1. The summed E-state index contributed by atoms with van der Waals surface area (Å²) in [5.41, 5.74) is 1.55. The summed E-state index contributed by atoms with van der Waals surface area (Å²) in [6.07, 6.45) is 5.07. The van der Waals surface area contributed by atoms with Gasteiger partial charge in [0.05, 0.1) is 18.0 Å². The molecule has 0 radical (unpaired) electrons. The van der Waals surface area contributed by atoms with Crippen LogP contribution in [0.2, 0.25) is 0 Å². The van der Waals surface area contributed by atoms with E-state index in [2.05, 4.69) is 14.8 Å². The third kappa shape index (κ3) is 3.69. The standard InChI is InChI=1S/C13H18N4O2S2/c1-17-6-5-12(16-17)13-15-11(8-20-13)7-14-21(18,19)9-10-3-2-4-10/h5-6,8,10,14H,2-4,7,9H2,1H3. The van der Waals surface area contributed by atoms with Crippen molar-refractivity contribution < 1.29 is 8.42 Å². The molecule has 0 bridgehead atoms. The van der Waals surface area contributed by atoms with Gasteiger partial charge in [0.1, 0.15) is 10.7 Å². The van der Waals surface area contributed by atoms with Crippen molar-refractivity contribution in [2.45, 2.75) is 25.8 Å². The molecule has 0 saturated heterocycles. The maximum absolute atomic E-state index is 11.9. The molecule has 0 aromatic carbocycles. The summed E-state index contributed by atoms with van der Waals surface area (Å²) in [7, 11) is -1.34. The van der Waals surface area contributed by atoms with Crippen molar-refractivity contribution in [1.29, 1.82) is 0 Å². The lowest BCUT2D eigenvalue weighted by molar-refractivity contribution is 0.346. The highest BCUT2D eigenvalue weighted by molar-refractivity contribution is 7.89. The Balaban J connectivity index is 1.59. The lowest BCUT2D eigenvalue weighted by atomic mass is 9.87. The normalized spacial score (nSPS) is 16.0. The van der Waals surface area contributed by atoms with Crippen LogP contribution < -0.4 is 4.72 Å². The van der Waals surface area contributed by atoms with Crippen molar-refractivity contribution in [1.82, 2.24) is 19.5 Å². The first-order valence-corrected chi connectivity index (χ1v) is 9.47. The number of hydrogen-bond donors (Lipinski definition) is 1. The van der Waals surface area contributed by atoms with E-state index in [1.807, 2.05) is 24.7 Å². The fraction of sp³-hybridized carbons (Fsp3) is 0.538. The molecule has 0 unspecified atom stereocenters. The van der Waals surface area contributed by atoms with Crippen LogP contribution >= 0.6 is 11.3 Å². The van der Waals surface area contributed by atoms with E-state index >= 15 is 0 Å². The largest absolute Gasteiger partial charge is 0.275 e. The zero-order chi connectivity index (χ0) is 14.9. The Bertz CT molecular complexity index is 716. The molecule has 3 rings (SSSR count). The Labute approximate surface area is 128 Å². The summed E-state index contributed by atoms with van der Waals surface area (Å²) >= 11 is 1.47. The minimum absolute atomic E-state index is 0.240. The molecule has 2 aromatic heterocycles. The van der Waals surface area contributed by atoms with E-state index in [1.165, 1.54) is 11.3 Å². The molecule has 2 heterocycles. The zero-order valence-corrected chi connectivity index (χ0v) is 13.5. The van der Waals surface area contributed by atoms with Crippen LogP contribution in [0.15, 0.2) is 17.6 Å². The molecule has 1 N–H and O–H groups in total. The van der Waals surface area contributed by atoms with Crippen molar-refractivity contribution in [2.75, 3.05) is 5.75 Å². The van der Waals surface area contributed by atoms with Gasteiger partial charge in [0.25, 0.3) is 0 Å². The molecular weight excluding hydrogens is 308 g/mol. The highest BCUT2D eigenvalue weighted by Crippen LogP contribution is 2.27. The van der Waals surface area contributed by atoms with Crippen molar-refractivity contribution in [3.05, 3.63) is 23.3 Å². The van der Waals surface area contributed by atoms with E-state index in [4.69, 9.17) is 0 Å². The summed E-state index contributed by atoms with van der Waals surface area (Å²) in [6, 6.07) is 1.89. The van der Waals surface area contributed by atoms with Crippen LogP contribution in [-0.2, 0) is 23.6 Å². The second kappa shape index (κ2) is 5.86. The fourth-order valence-corrected chi connectivity index (χ4v) is 4.47. The van der Waals surface area contributed by atoms with Gasteiger partial charge in [-0.2, -0.15) is 5.10 Å². The van der Waals surface area contributed by atoms with Crippen LogP contribution in [0.5, 0.6) is 0 Å². The van der Waals surface area contributed by atoms with Gasteiger partial charge in [-0.05, 0) is 24.8 Å². The SMILES string of the molecule is Cn1ccc(-c2nc(CNS(=O)(=O)CC3CCC3)cs2)n1. The maximum Gasteiger partial charge on any atom is 0.212 e. The number of hydrogen-bond acceptors (Lipinski definition) is 5. The molecule has 8 heteroatoms. The van der Waals surface area contributed by atoms with Gasteiger partial charge in [-0.1, -0.05) is 6.42 Å². The Hall–Kier alpha value is -1.25. The molecule has 114 valence electrons. The van der Waals surface area contributed by atoms with E-state index in [0.29, 0.717) is 5.92 Å². The van der Waals surface area contributed by atoms with Crippen LogP contribution in [0.4, 0.5) is 0 Å². The molecule has 1 aliphatic rings. The quantitative estimate of drug-likeness (QED) is 0.877. The Kier molecular flexibility index (Phi) is 4.10. The summed E-state index contributed by atoms with van der Waals surface area (Å²) in [4.78, 5) is 4.43. The Morgan fingerprint density at radius 1 is 1.48 bits per heavy atom. The molecule has 21 heavy (non-hydrogen) atoms. The van der Waals surface area contributed by atoms with Gasteiger partial charge in [0, 0.05) is 18.6 Å². The molecule has 1 fully saturated rings. The maximum atomic E-state index is 11.9. The van der Waals surface area contributed by atoms with E-state index in [1.54, 1.807) is 4.68 Å². The highest BCUT2D eigenvalue weighted by atomic mass is 32.2. The molecule has 0 atom stereocenters. The molecule has 2 aromatic rings. The minimum atomic E-state index is -3.20. The van der Waals surface area contributed by atoms with E-state index in [9.17, 15) is 8.42 Å². The van der Waals surface area contributed by atoms with Crippen LogP contribution in [0.1, 0.15) is 25.0 Å². The second-order valence-electron chi connectivity index (χ2n) is 5.42. The second-order valence-corrected chi connectivity index (χ2v) is 8.13. The first kappa shape index (κ1) is 14.7. The first-order valence-electron chi connectivity index (χ1n) is 6.93. The molecule has 6 nitrogen and oxygen atoms in total. The van der Waals surface area contributed by atoms with Crippen molar-refractivity contribution in [3.8, 4) is 10.7 Å². The number of nitrogens with zero attached hydrogens (tertiary/aromatic N) is 3. The van der Waals surface area contributed by atoms with Gasteiger partial charge in [0.15, 0.2) is 0 Å². The average molecular weight is 326 g/mol. The summed E-state index contributed by atoms with van der Waals surface area (Å²) in [5.74, 6) is 0.576. The van der Waals surface area contributed by atoms with Crippen LogP contribution in [0.3, 0.4) is 0 Å². The van der Waals surface area contributed by atoms with Crippen molar-refractivity contribution in [2.24, 2.45) is 13.0 Å². The van der Waals surface area contributed by atoms with Crippen LogP contribution in [0.25, 0.3) is 10.7 Å². The van der Waals surface area contributed by atoms with E-state index in [-0.39, 0.29) is 12.3 Å². The van der Waals surface area contributed by atoms with Gasteiger partial charge >= 0.3 is 0 Å². The summed E-state index contributed by atoms with van der Waals surface area (Å²) in [6.45, 7) is 0.248. The van der Waals surface area contributed by atoms with Crippen molar-refractivity contribution >= 4 is 21.4 Å². The molecule has 1 aliphatic carbocycles. The molecular formula is C13H18N4O2S2. The highest BCUT2D eigenvalue weighted by Gasteiger charge is 2.24. The minimum Gasteiger partial charge on any atom is -0.275 e. The predicted octanol–water partition coefficient (Wildman–Crippen LogP) is 1.76. The van der Waals surface area contributed by atoms with E-state index < -0.39 is 10.0 Å². The lowest BCUT2D eigenvalue weighted by Gasteiger charge is -2.24. The topological polar surface area (TPSA) is 76.9 Å². The van der Waals surface area contributed by atoms with Crippen molar-refractivity contribution in [3.63, 3.8) is 0 Å². The predicted molar refractivity (Wildman–Crippen MR) is 82.3 cm³/mol. The number of aromatic nitrogens is 3.